The van der Waals surface area contributed by atoms with E-state index in [0.717, 1.165) is 6.26 Å². The van der Waals surface area contributed by atoms with Gasteiger partial charge in [-0.25, -0.2) is 0 Å². The predicted molar refractivity (Wildman–Crippen MR) is 65.3 cm³/mol. The zero-order chi connectivity index (χ0) is 14.2. The molecule has 0 atom stereocenters. The first kappa shape index (κ1) is 17.6. The van der Waals surface area contributed by atoms with E-state index in [1.807, 2.05) is 0 Å². The van der Waals surface area contributed by atoms with Crippen LogP contribution in [0, 0.1) is 0 Å². The number of hydrogen-bond donors (Lipinski definition) is 0. The van der Waals surface area contributed by atoms with E-state index in [-0.39, 0.29) is 10.9 Å². The van der Waals surface area contributed by atoms with Crippen molar-refractivity contribution in [2.75, 3.05) is 34.3 Å². The third-order valence-corrected chi connectivity index (χ3v) is 2.65. The first-order valence-electron chi connectivity index (χ1n) is 4.79. The van der Waals surface area contributed by atoms with Gasteiger partial charge in [0.05, 0.1) is 0 Å². The summed E-state index contributed by atoms with van der Waals surface area (Å²) in [6.45, 7) is 0. The molecule has 0 saturated heterocycles. The molecule has 0 aliphatic rings. The normalized spacial score (nSPS) is 12.9. The maximum Gasteiger partial charge on any atom is 0.325 e. The van der Waals surface area contributed by atoms with Gasteiger partial charge < -0.3 is 23.7 Å². The van der Waals surface area contributed by atoms with Gasteiger partial charge in [-0.05, 0) is 0 Å². The van der Waals surface area contributed by atoms with Crippen LogP contribution < -0.4 is 0 Å². The maximum atomic E-state index is 10.9. The van der Waals surface area contributed by atoms with Crippen molar-refractivity contribution in [3.8, 4) is 0 Å². The van der Waals surface area contributed by atoms with Crippen molar-refractivity contribution in [2.24, 2.45) is 0 Å². The number of carbonyl (C=O) groups is 1. The average molecular weight is 303 g/mol. The van der Waals surface area contributed by atoms with Crippen molar-refractivity contribution in [2.45, 2.75) is 12.1 Å². The molecule has 0 radical (unpaired) electrons. The average Bonchev–Trinajstić information content (AvgIpc) is 2.41. The Bertz CT molecular complexity index is 286. The lowest BCUT2D eigenvalue weighted by Crippen LogP contribution is -2.48. The van der Waals surface area contributed by atoms with Crippen LogP contribution in [0.5, 0.6) is 0 Å². The molecule has 0 saturated carbocycles. The lowest BCUT2D eigenvalue weighted by Gasteiger charge is -2.35. The summed E-state index contributed by atoms with van der Waals surface area (Å²) in [7, 11) is 5.45. The summed E-state index contributed by atoms with van der Waals surface area (Å²) in [6, 6.07) is 0. The van der Waals surface area contributed by atoms with Crippen LogP contribution in [0.25, 0.3) is 0 Å². The Morgan fingerprint density at radius 3 is 2.06 bits per heavy atom. The Hall–Kier alpha value is -0.370. The second-order valence-corrected chi connectivity index (χ2v) is 3.64. The largest absolute Gasteiger partial charge is 0.432 e. The van der Waals surface area contributed by atoms with E-state index >= 15 is 0 Å². The maximum absolute atomic E-state index is 10.9. The fraction of sp³-hybridized carbons (Fsp3) is 0.700. The van der Waals surface area contributed by atoms with Gasteiger partial charge in [-0.2, -0.15) is 0 Å². The van der Waals surface area contributed by atoms with E-state index in [9.17, 15) is 4.79 Å². The lowest BCUT2D eigenvalue weighted by molar-refractivity contribution is -0.304. The van der Waals surface area contributed by atoms with Gasteiger partial charge in [-0.1, -0.05) is 11.6 Å². The number of rotatable bonds is 8. The van der Waals surface area contributed by atoms with Crippen LogP contribution in [0.3, 0.4) is 0 Å². The van der Waals surface area contributed by atoms with Gasteiger partial charge in [-0.15, -0.1) is 11.6 Å². The Morgan fingerprint density at radius 1 is 1.22 bits per heavy atom. The van der Waals surface area contributed by atoms with E-state index < -0.39 is 18.0 Å². The zero-order valence-corrected chi connectivity index (χ0v) is 12.1. The number of carbonyl (C=O) groups excluding carboxylic acids is 1. The second-order valence-electron chi connectivity index (χ2n) is 2.97. The van der Waals surface area contributed by atoms with E-state index in [0.29, 0.717) is 0 Å². The van der Waals surface area contributed by atoms with E-state index in [4.69, 9.17) is 42.1 Å². The van der Waals surface area contributed by atoms with Crippen LogP contribution in [-0.2, 0) is 28.5 Å². The minimum absolute atomic E-state index is 0.0698. The monoisotopic (exact) mass is 302 g/mol. The number of hydrogen-bond acceptors (Lipinski definition) is 6. The molecule has 0 heterocycles. The molecule has 0 fully saturated rings. The molecular formula is C10H16Cl2O6. The molecular weight excluding hydrogens is 287 g/mol. The molecule has 0 rings (SSSR count). The minimum Gasteiger partial charge on any atom is -0.432 e. The van der Waals surface area contributed by atoms with Crippen LogP contribution >= 0.6 is 23.2 Å². The van der Waals surface area contributed by atoms with Gasteiger partial charge in [0.2, 0.25) is 6.29 Å². The third-order valence-electron chi connectivity index (χ3n) is 2.08. The highest BCUT2D eigenvalue weighted by atomic mass is 35.5. The topological polar surface area (TPSA) is 63.2 Å². The van der Waals surface area contributed by atoms with Gasteiger partial charge in [0.25, 0.3) is 5.79 Å². The summed E-state index contributed by atoms with van der Waals surface area (Å²) in [5, 5.41) is -0.0698. The Balaban J connectivity index is 5.13. The SMILES string of the molecule is COC(OC)C(OC)(OC)C(Cl)=COC(=O)CCl. The van der Waals surface area contributed by atoms with Crippen LogP contribution in [-0.4, -0.2) is 52.4 Å². The van der Waals surface area contributed by atoms with E-state index in [2.05, 4.69) is 4.74 Å². The molecule has 0 spiro atoms. The van der Waals surface area contributed by atoms with Crippen molar-refractivity contribution in [3.63, 3.8) is 0 Å². The molecule has 0 bridgehead atoms. The zero-order valence-electron chi connectivity index (χ0n) is 10.6. The summed E-state index contributed by atoms with van der Waals surface area (Å²) in [5.74, 6) is -2.51. The van der Waals surface area contributed by atoms with Gasteiger partial charge in [0.15, 0.2) is 0 Å². The Labute approximate surface area is 116 Å². The Kier molecular flexibility index (Phi) is 8.51. The predicted octanol–water partition coefficient (Wildman–Crippen LogP) is 1.46. The fourth-order valence-corrected chi connectivity index (χ4v) is 1.57. The first-order chi connectivity index (χ1) is 8.52. The van der Waals surface area contributed by atoms with Crippen molar-refractivity contribution < 1.29 is 28.5 Å². The quantitative estimate of drug-likeness (QED) is 0.293. The molecule has 0 amide bonds. The molecule has 0 aliphatic carbocycles. The van der Waals surface area contributed by atoms with Crippen LogP contribution in [0.1, 0.15) is 0 Å². The van der Waals surface area contributed by atoms with Gasteiger partial charge in [0, 0.05) is 28.4 Å². The molecule has 0 aromatic heterocycles. The summed E-state index contributed by atoms with van der Waals surface area (Å²) in [6.07, 6.45) is 0.00979. The van der Waals surface area contributed by atoms with Gasteiger partial charge in [0.1, 0.15) is 17.2 Å². The molecule has 0 aromatic carbocycles. The van der Waals surface area contributed by atoms with E-state index in [1.54, 1.807) is 0 Å². The van der Waals surface area contributed by atoms with Crippen LogP contribution in [0.4, 0.5) is 0 Å². The van der Waals surface area contributed by atoms with Crippen molar-refractivity contribution >= 4 is 29.2 Å². The highest BCUT2D eigenvalue weighted by Gasteiger charge is 2.44. The molecule has 18 heavy (non-hydrogen) atoms. The summed E-state index contributed by atoms with van der Waals surface area (Å²) < 4.78 is 25.1. The summed E-state index contributed by atoms with van der Waals surface area (Å²) in [5.41, 5.74) is 0. The van der Waals surface area contributed by atoms with E-state index in [1.165, 1.54) is 28.4 Å². The first-order valence-corrected chi connectivity index (χ1v) is 5.71. The molecule has 8 heteroatoms. The molecule has 0 unspecified atom stereocenters. The number of esters is 1. The highest BCUT2D eigenvalue weighted by molar-refractivity contribution is 6.30. The third kappa shape index (κ3) is 4.08. The van der Waals surface area contributed by atoms with Crippen molar-refractivity contribution in [1.29, 1.82) is 0 Å². The van der Waals surface area contributed by atoms with Crippen molar-refractivity contribution in [3.05, 3.63) is 11.3 Å². The minimum atomic E-state index is -1.54. The summed E-state index contributed by atoms with van der Waals surface area (Å²) >= 11 is 11.3. The molecule has 0 aliphatic heterocycles. The van der Waals surface area contributed by atoms with Crippen LogP contribution in [0.15, 0.2) is 11.3 Å². The van der Waals surface area contributed by atoms with Gasteiger partial charge in [-0.3, -0.25) is 4.79 Å². The second kappa shape index (κ2) is 8.68. The molecule has 0 aromatic rings. The number of alkyl halides is 1. The van der Waals surface area contributed by atoms with Crippen LogP contribution in [0.2, 0.25) is 0 Å². The number of halogens is 2. The van der Waals surface area contributed by atoms with Gasteiger partial charge >= 0.3 is 5.97 Å². The standard InChI is InChI=1S/C10H16Cl2O6/c1-14-9(15-2)10(16-3,17-4)7(12)6-18-8(13)5-11/h6,9H,5H2,1-4H3. The Morgan fingerprint density at radius 2 is 1.72 bits per heavy atom. The number of ether oxygens (including phenoxy) is 5. The molecule has 0 N–H and O–H groups in total. The highest BCUT2D eigenvalue weighted by Crippen LogP contribution is 2.31. The van der Waals surface area contributed by atoms with Crippen molar-refractivity contribution in [1.82, 2.24) is 0 Å². The smallest absolute Gasteiger partial charge is 0.325 e. The lowest BCUT2D eigenvalue weighted by atomic mass is 10.2. The molecule has 6 nitrogen and oxygen atoms in total. The fourth-order valence-electron chi connectivity index (χ4n) is 1.22. The molecule has 106 valence electrons. The number of methoxy groups -OCH3 is 4. The summed E-state index contributed by atoms with van der Waals surface area (Å²) in [4.78, 5) is 10.9.